The van der Waals surface area contributed by atoms with Gasteiger partial charge in [-0.25, -0.2) is 0 Å². The molecule has 0 saturated carbocycles. The Bertz CT molecular complexity index is 346. The molecule has 1 aromatic rings. The number of hydrogen-bond acceptors (Lipinski definition) is 5. The molecule has 108 valence electrons. The lowest BCUT2D eigenvalue weighted by Gasteiger charge is -2.13. The summed E-state index contributed by atoms with van der Waals surface area (Å²) in [4.78, 5) is 5.04. The molecule has 0 spiro atoms. The third kappa shape index (κ3) is 7.12. The van der Waals surface area contributed by atoms with Crippen molar-refractivity contribution in [1.29, 1.82) is 0 Å². The quantitative estimate of drug-likeness (QED) is 0.493. The molecule has 0 heterocycles. The van der Waals surface area contributed by atoms with E-state index in [0.29, 0.717) is 19.8 Å². The average Bonchev–Trinajstić information content (AvgIpc) is 2.45. The van der Waals surface area contributed by atoms with Gasteiger partial charge in [0.2, 0.25) is 0 Å². The molecule has 0 aliphatic carbocycles. The lowest BCUT2D eigenvalue weighted by molar-refractivity contribution is -0.0173. The number of methoxy groups -OCH3 is 1. The van der Waals surface area contributed by atoms with E-state index in [-0.39, 0.29) is 6.61 Å². The fourth-order valence-electron chi connectivity index (χ4n) is 1.46. The second-order valence-electron chi connectivity index (χ2n) is 4.16. The highest BCUT2D eigenvalue weighted by Crippen LogP contribution is 2.13. The van der Waals surface area contributed by atoms with Crippen molar-refractivity contribution in [2.45, 2.75) is 19.4 Å². The summed E-state index contributed by atoms with van der Waals surface area (Å²) in [7, 11) is 1.61. The highest BCUT2D eigenvalue weighted by Gasteiger charge is 2.05. The van der Waals surface area contributed by atoms with Crippen molar-refractivity contribution in [2.75, 3.05) is 33.5 Å². The monoisotopic (exact) mass is 269 g/mol. The fourth-order valence-corrected chi connectivity index (χ4v) is 1.46. The van der Waals surface area contributed by atoms with E-state index in [1.807, 2.05) is 18.2 Å². The molecule has 5 nitrogen and oxygen atoms in total. The molecule has 1 rings (SSSR count). The van der Waals surface area contributed by atoms with Crippen LogP contribution in [0.5, 0.6) is 5.75 Å². The molecular weight excluding hydrogens is 246 g/mol. The van der Waals surface area contributed by atoms with Crippen LogP contribution in [0.3, 0.4) is 0 Å². The SMILES string of the molecule is CCc1cccc(OCC(O)CNOCCOC)c1. The summed E-state index contributed by atoms with van der Waals surface area (Å²) in [6.45, 7) is 3.60. The van der Waals surface area contributed by atoms with E-state index in [9.17, 15) is 5.11 Å². The van der Waals surface area contributed by atoms with Crippen molar-refractivity contribution in [3.05, 3.63) is 29.8 Å². The summed E-state index contributed by atoms with van der Waals surface area (Å²) in [5, 5.41) is 9.69. The molecule has 1 aromatic carbocycles. The maximum Gasteiger partial charge on any atom is 0.119 e. The summed E-state index contributed by atoms with van der Waals surface area (Å²) in [5.41, 5.74) is 3.88. The minimum atomic E-state index is -0.618. The van der Waals surface area contributed by atoms with Crippen molar-refractivity contribution in [2.24, 2.45) is 0 Å². The molecular formula is C14H23NO4. The first-order valence-corrected chi connectivity index (χ1v) is 6.49. The standard InChI is InChI=1S/C14H23NO4/c1-3-12-5-4-6-14(9-12)18-11-13(16)10-15-19-8-7-17-2/h4-6,9,13,15-16H,3,7-8,10-11H2,1-2H3. The zero-order valence-electron chi connectivity index (χ0n) is 11.6. The van der Waals surface area contributed by atoms with Gasteiger partial charge in [-0.2, -0.15) is 5.48 Å². The van der Waals surface area contributed by atoms with Crippen LogP contribution in [0.1, 0.15) is 12.5 Å². The molecule has 0 radical (unpaired) electrons. The van der Waals surface area contributed by atoms with E-state index in [1.165, 1.54) is 5.56 Å². The lowest BCUT2D eigenvalue weighted by Crippen LogP contribution is -2.32. The van der Waals surface area contributed by atoms with Gasteiger partial charge in [0.1, 0.15) is 18.5 Å². The van der Waals surface area contributed by atoms with Crippen LogP contribution in [0.4, 0.5) is 0 Å². The molecule has 1 atom stereocenters. The van der Waals surface area contributed by atoms with Gasteiger partial charge in [-0.05, 0) is 24.1 Å². The van der Waals surface area contributed by atoms with Crippen molar-refractivity contribution >= 4 is 0 Å². The number of hydrogen-bond donors (Lipinski definition) is 2. The van der Waals surface area contributed by atoms with E-state index >= 15 is 0 Å². The first kappa shape index (κ1) is 15.9. The zero-order valence-corrected chi connectivity index (χ0v) is 11.6. The molecule has 19 heavy (non-hydrogen) atoms. The first-order valence-electron chi connectivity index (χ1n) is 6.49. The number of aliphatic hydroxyl groups is 1. The fraction of sp³-hybridized carbons (Fsp3) is 0.571. The van der Waals surface area contributed by atoms with Gasteiger partial charge in [-0.1, -0.05) is 19.1 Å². The van der Waals surface area contributed by atoms with Crippen molar-refractivity contribution in [1.82, 2.24) is 5.48 Å². The number of hydroxylamine groups is 1. The van der Waals surface area contributed by atoms with Crippen LogP contribution in [0, 0.1) is 0 Å². The van der Waals surface area contributed by atoms with Crippen LogP contribution < -0.4 is 10.2 Å². The van der Waals surface area contributed by atoms with E-state index in [4.69, 9.17) is 14.3 Å². The number of aryl methyl sites for hydroxylation is 1. The van der Waals surface area contributed by atoms with Gasteiger partial charge in [0.25, 0.3) is 0 Å². The van der Waals surface area contributed by atoms with Crippen LogP contribution in [0.25, 0.3) is 0 Å². The molecule has 0 aliphatic heterocycles. The number of nitrogens with one attached hydrogen (secondary N) is 1. The van der Waals surface area contributed by atoms with E-state index in [1.54, 1.807) is 7.11 Å². The molecule has 0 aromatic heterocycles. The lowest BCUT2D eigenvalue weighted by atomic mass is 10.2. The van der Waals surface area contributed by atoms with E-state index in [0.717, 1.165) is 12.2 Å². The van der Waals surface area contributed by atoms with Crippen LogP contribution in [0.2, 0.25) is 0 Å². The smallest absolute Gasteiger partial charge is 0.119 e. The summed E-state index contributed by atoms with van der Waals surface area (Å²) in [6.07, 6.45) is 0.349. The van der Waals surface area contributed by atoms with Crippen molar-refractivity contribution in [3.63, 3.8) is 0 Å². The summed E-state index contributed by atoms with van der Waals surface area (Å²) < 4.78 is 10.3. The van der Waals surface area contributed by atoms with Gasteiger partial charge in [-0.3, -0.25) is 4.84 Å². The molecule has 2 N–H and O–H groups in total. The van der Waals surface area contributed by atoms with E-state index < -0.39 is 6.10 Å². The van der Waals surface area contributed by atoms with Crippen LogP contribution in [0.15, 0.2) is 24.3 Å². The summed E-state index contributed by atoms with van der Waals surface area (Å²) >= 11 is 0. The Morgan fingerprint density at radius 1 is 1.32 bits per heavy atom. The molecule has 5 heteroatoms. The second-order valence-corrected chi connectivity index (χ2v) is 4.16. The number of aliphatic hydroxyl groups excluding tert-OH is 1. The summed E-state index contributed by atoms with van der Waals surface area (Å²) in [6, 6.07) is 7.87. The van der Waals surface area contributed by atoms with Gasteiger partial charge in [0, 0.05) is 7.11 Å². The number of ether oxygens (including phenoxy) is 2. The number of rotatable bonds is 10. The van der Waals surface area contributed by atoms with Gasteiger partial charge >= 0.3 is 0 Å². The largest absolute Gasteiger partial charge is 0.491 e. The molecule has 0 amide bonds. The predicted molar refractivity (Wildman–Crippen MR) is 73.2 cm³/mol. The molecule has 0 bridgehead atoms. The Morgan fingerprint density at radius 2 is 2.16 bits per heavy atom. The normalized spacial score (nSPS) is 12.4. The molecule has 0 fully saturated rings. The Kier molecular flexibility index (Phi) is 8.16. The molecule has 0 saturated heterocycles. The third-order valence-electron chi connectivity index (χ3n) is 2.56. The van der Waals surface area contributed by atoms with E-state index in [2.05, 4.69) is 18.5 Å². The Labute approximate surface area is 114 Å². The minimum Gasteiger partial charge on any atom is -0.491 e. The van der Waals surface area contributed by atoms with Crippen LogP contribution >= 0.6 is 0 Å². The van der Waals surface area contributed by atoms with Gasteiger partial charge in [0.05, 0.1) is 19.8 Å². The molecule has 1 unspecified atom stereocenters. The highest BCUT2D eigenvalue weighted by molar-refractivity contribution is 5.28. The Hall–Kier alpha value is -1.14. The first-order chi connectivity index (χ1) is 9.26. The maximum atomic E-state index is 9.69. The zero-order chi connectivity index (χ0) is 13.9. The third-order valence-corrected chi connectivity index (χ3v) is 2.56. The van der Waals surface area contributed by atoms with Crippen LogP contribution in [-0.2, 0) is 16.0 Å². The van der Waals surface area contributed by atoms with Crippen molar-refractivity contribution in [3.8, 4) is 5.75 Å². The van der Waals surface area contributed by atoms with Crippen LogP contribution in [-0.4, -0.2) is 44.7 Å². The average molecular weight is 269 g/mol. The summed E-state index contributed by atoms with van der Waals surface area (Å²) in [5.74, 6) is 0.777. The van der Waals surface area contributed by atoms with Gasteiger partial charge < -0.3 is 14.6 Å². The maximum absolute atomic E-state index is 9.69. The number of benzene rings is 1. The predicted octanol–water partition coefficient (Wildman–Crippen LogP) is 1.16. The van der Waals surface area contributed by atoms with Crippen molar-refractivity contribution < 1.29 is 19.4 Å². The Morgan fingerprint density at radius 3 is 2.89 bits per heavy atom. The second kappa shape index (κ2) is 9.75. The topological polar surface area (TPSA) is 60.0 Å². The molecule has 0 aliphatic rings. The van der Waals surface area contributed by atoms with Gasteiger partial charge in [0.15, 0.2) is 0 Å². The Balaban J connectivity index is 2.16. The minimum absolute atomic E-state index is 0.230. The van der Waals surface area contributed by atoms with Gasteiger partial charge in [-0.15, -0.1) is 0 Å². The highest BCUT2D eigenvalue weighted by atomic mass is 16.7.